The van der Waals surface area contributed by atoms with Crippen LogP contribution >= 0.6 is 0 Å². The largest absolute Gasteiger partial charge is 0.502 e. The van der Waals surface area contributed by atoms with Crippen molar-refractivity contribution in [2.45, 2.75) is 12.8 Å². The first-order chi connectivity index (χ1) is 9.65. The van der Waals surface area contributed by atoms with Gasteiger partial charge in [0.15, 0.2) is 0 Å². The van der Waals surface area contributed by atoms with Crippen LogP contribution in [0.5, 0.6) is 0 Å². The molecular weight excluding hydrogens is 256 g/mol. The maximum Gasteiger partial charge on any atom is 0.371 e. The van der Waals surface area contributed by atoms with Gasteiger partial charge in [-0.2, -0.15) is 0 Å². The number of aliphatic hydroxyl groups is 1. The van der Waals surface area contributed by atoms with Crippen LogP contribution in [0, 0.1) is 0 Å². The third-order valence-electron chi connectivity index (χ3n) is 2.74. The summed E-state index contributed by atoms with van der Waals surface area (Å²) in [5, 5.41) is 17.6. The molecule has 2 rings (SSSR count). The predicted molar refractivity (Wildman–Crippen MR) is 74.1 cm³/mol. The first-order valence-corrected chi connectivity index (χ1v) is 6.14. The van der Waals surface area contributed by atoms with Crippen LogP contribution in [-0.2, 0) is 17.6 Å². The Labute approximate surface area is 116 Å². The van der Waals surface area contributed by atoms with Gasteiger partial charge < -0.3 is 10.2 Å². The fourth-order valence-corrected chi connectivity index (χ4v) is 1.69. The number of carboxylic acid groups (broad SMARTS) is 1. The number of aromatic nitrogens is 2. The van der Waals surface area contributed by atoms with Gasteiger partial charge in [-0.1, -0.05) is 30.3 Å². The van der Waals surface area contributed by atoms with E-state index in [1.54, 1.807) is 6.20 Å². The Balaban J connectivity index is 1.98. The zero-order valence-electron chi connectivity index (χ0n) is 10.7. The second-order valence-corrected chi connectivity index (χ2v) is 4.25. The summed E-state index contributed by atoms with van der Waals surface area (Å²) in [6.45, 7) is 0. The zero-order chi connectivity index (χ0) is 14.4. The van der Waals surface area contributed by atoms with Gasteiger partial charge in [0.2, 0.25) is 5.76 Å². The molecule has 0 fully saturated rings. The second-order valence-electron chi connectivity index (χ2n) is 4.25. The molecule has 5 nitrogen and oxygen atoms in total. The molecule has 0 radical (unpaired) electrons. The first-order valence-electron chi connectivity index (χ1n) is 6.14. The Morgan fingerprint density at radius 1 is 1.05 bits per heavy atom. The van der Waals surface area contributed by atoms with E-state index in [4.69, 9.17) is 10.2 Å². The number of aliphatic carboxylic acids is 1. The van der Waals surface area contributed by atoms with Gasteiger partial charge in [0.05, 0.1) is 17.6 Å². The van der Waals surface area contributed by atoms with Crippen LogP contribution in [0.1, 0.15) is 17.0 Å². The van der Waals surface area contributed by atoms with Crippen LogP contribution < -0.4 is 0 Å². The van der Waals surface area contributed by atoms with E-state index in [1.807, 2.05) is 18.2 Å². The molecule has 0 spiro atoms. The Kier molecular flexibility index (Phi) is 4.44. The summed E-state index contributed by atoms with van der Waals surface area (Å²) in [6, 6.07) is 10.1. The summed E-state index contributed by atoms with van der Waals surface area (Å²) in [5.74, 6) is -2.14. The maximum absolute atomic E-state index is 10.5. The standard InChI is InChI=1S/C15H14N2O3/c18-14(15(19)20)8-13-10-16-12(9-17-13)7-6-11-4-2-1-3-5-11/h1-5,8-10,18H,6-7H2,(H,19,20). The molecule has 0 saturated heterocycles. The minimum absolute atomic E-state index is 0.313. The number of aryl methyl sites for hydroxylation is 2. The van der Waals surface area contributed by atoms with Crippen LogP contribution in [0.15, 0.2) is 48.5 Å². The molecule has 102 valence electrons. The van der Waals surface area contributed by atoms with Gasteiger partial charge in [-0.3, -0.25) is 9.97 Å². The maximum atomic E-state index is 10.5. The van der Waals surface area contributed by atoms with E-state index in [-0.39, 0.29) is 0 Å². The highest BCUT2D eigenvalue weighted by Gasteiger charge is 2.04. The Bertz CT molecular complexity index is 607. The van der Waals surface area contributed by atoms with Crippen LogP contribution in [-0.4, -0.2) is 26.2 Å². The van der Waals surface area contributed by atoms with Gasteiger partial charge in [0, 0.05) is 12.3 Å². The second kappa shape index (κ2) is 6.47. The summed E-state index contributed by atoms with van der Waals surface area (Å²) in [4.78, 5) is 18.7. The van der Waals surface area contributed by atoms with Gasteiger partial charge in [-0.05, 0) is 18.4 Å². The quantitative estimate of drug-likeness (QED) is 0.643. The normalized spacial score (nSPS) is 11.3. The van der Waals surface area contributed by atoms with Crippen molar-refractivity contribution in [3.63, 3.8) is 0 Å². The highest BCUT2D eigenvalue weighted by atomic mass is 16.4. The average Bonchev–Trinajstić information content (AvgIpc) is 2.47. The van der Waals surface area contributed by atoms with E-state index in [2.05, 4.69) is 22.1 Å². The van der Waals surface area contributed by atoms with Crippen molar-refractivity contribution in [2.75, 3.05) is 0 Å². The number of carbonyl (C=O) groups is 1. The van der Waals surface area contributed by atoms with E-state index >= 15 is 0 Å². The van der Waals surface area contributed by atoms with E-state index in [1.165, 1.54) is 11.8 Å². The van der Waals surface area contributed by atoms with Gasteiger partial charge >= 0.3 is 5.97 Å². The van der Waals surface area contributed by atoms with Crippen molar-refractivity contribution in [3.8, 4) is 0 Å². The Morgan fingerprint density at radius 3 is 2.40 bits per heavy atom. The lowest BCUT2D eigenvalue weighted by Gasteiger charge is -2.01. The SMILES string of the molecule is O=C(O)C(O)=Cc1cnc(CCc2ccccc2)cn1. The smallest absolute Gasteiger partial charge is 0.371 e. The topological polar surface area (TPSA) is 83.3 Å². The monoisotopic (exact) mass is 270 g/mol. The molecule has 1 aromatic carbocycles. The number of hydrogen-bond donors (Lipinski definition) is 2. The van der Waals surface area contributed by atoms with Crippen LogP contribution in [0.25, 0.3) is 6.08 Å². The molecule has 2 N–H and O–H groups in total. The lowest BCUT2D eigenvalue weighted by atomic mass is 10.1. The fourth-order valence-electron chi connectivity index (χ4n) is 1.69. The third-order valence-corrected chi connectivity index (χ3v) is 2.74. The van der Waals surface area contributed by atoms with Crippen molar-refractivity contribution >= 4 is 12.0 Å². The van der Waals surface area contributed by atoms with Gasteiger partial charge in [-0.25, -0.2) is 4.79 Å². The third kappa shape index (κ3) is 3.91. The van der Waals surface area contributed by atoms with Crippen LogP contribution in [0.2, 0.25) is 0 Å². The molecule has 0 aliphatic carbocycles. The average molecular weight is 270 g/mol. The number of carboxylic acids is 1. The lowest BCUT2D eigenvalue weighted by molar-refractivity contribution is -0.135. The van der Waals surface area contributed by atoms with Gasteiger partial charge in [0.1, 0.15) is 0 Å². The van der Waals surface area contributed by atoms with Crippen molar-refractivity contribution in [3.05, 3.63) is 65.4 Å². The molecule has 20 heavy (non-hydrogen) atoms. The van der Waals surface area contributed by atoms with E-state index < -0.39 is 11.7 Å². The molecule has 0 aliphatic rings. The molecule has 0 aliphatic heterocycles. The predicted octanol–water partition coefficient (Wildman–Crippen LogP) is 2.25. The zero-order valence-corrected chi connectivity index (χ0v) is 10.7. The summed E-state index contributed by atoms with van der Waals surface area (Å²) in [5.41, 5.74) is 2.36. The number of aliphatic hydroxyl groups excluding tert-OH is 1. The summed E-state index contributed by atoms with van der Waals surface area (Å²) in [6.07, 6.45) is 5.72. The van der Waals surface area contributed by atoms with Crippen molar-refractivity contribution in [1.29, 1.82) is 0 Å². The highest BCUT2D eigenvalue weighted by molar-refractivity contribution is 5.88. The van der Waals surface area contributed by atoms with Crippen molar-refractivity contribution in [1.82, 2.24) is 9.97 Å². The number of nitrogens with zero attached hydrogens (tertiary/aromatic N) is 2. The number of rotatable bonds is 5. The summed E-state index contributed by atoms with van der Waals surface area (Å²) >= 11 is 0. The fraction of sp³-hybridized carbons (Fsp3) is 0.133. The minimum atomic E-state index is -1.39. The number of hydrogen-bond acceptors (Lipinski definition) is 4. The first kappa shape index (κ1) is 13.7. The Morgan fingerprint density at radius 2 is 1.80 bits per heavy atom. The van der Waals surface area contributed by atoms with Gasteiger partial charge in [0.25, 0.3) is 0 Å². The van der Waals surface area contributed by atoms with E-state index in [0.29, 0.717) is 5.69 Å². The van der Waals surface area contributed by atoms with Crippen molar-refractivity contribution < 1.29 is 15.0 Å². The van der Waals surface area contributed by atoms with Gasteiger partial charge in [-0.15, -0.1) is 0 Å². The molecule has 1 aromatic heterocycles. The molecule has 0 saturated carbocycles. The Hall–Kier alpha value is -2.69. The molecule has 1 heterocycles. The molecule has 0 unspecified atom stereocenters. The highest BCUT2D eigenvalue weighted by Crippen LogP contribution is 2.06. The molecular formula is C15H14N2O3. The number of benzene rings is 1. The summed E-state index contributed by atoms with van der Waals surface area (Å²) < 4.78 is 0. The minimum Gasteiger partial charge on any atom is -0.502 e. The summed E-state index contributed by atoms with van der Waals surface area (Å²) in [7, 11) is 0. The van der Waals surface area contributed by atoms with Crippen molar-refractivity contribution in [2.24, 2.45) is 0 Å². The molecule has 0 atom stereocenters. The molecule has 0 amide bonds. The van der Waals surface area contributed by atoms with Crippen LogP contribution in [0.4, 0.5) is 0 Å². The molecule has 0 bridgehead atoms. The molecule has 5 heteroatoms. The lowest BCUT2D eigenvalue weighted by Crippen LogP contribution is -2.00. The van der Waals surface area contributed by atoms with E-state index in [9.17, 15) is 4.79 Å². The van der Waals surface area contributed by atoms with Crippen LogP contribution in [0.3, 0.4) is 0 Å². The van der Waals surface area contributed by atoms with E-state index in [0.717, 1.165) is 24.6 Å². The molecule has 2 aromatic rings.